The Morgan fingerprint density at radius 1 is 1.29 bits per heavy atom. The number of piperidine rings is 1. The standard InChI is InChI=1S/C14H19NO2/c1-10(12-3-2-6-15-8-12)11-4-5-13-14(7-11)17-9-16-13/h4-5,7,10,12,15H,2-3,6,8-9H2,1H3. The average Bonchev–Trinajstić information content (AvgIpc) is 2.86. The van der Waals surface area contributed by atoms with Crippen molar-refractivity contribution in [1.29, 1.82) is 0 Å². The summed E-state index contributed by atoms with van der Waals surface area (Å²) in [5.74, 6) is 3.10. The molecule has 1 fully saturated rings. The van der Waals surface area contributed by atoms with Gasteiger partial charge in [0.2, 0.25) is 6.79 Å². The quantitative estimate of drug-likeness (QED) is 0.851. The minimum absolute atomic E-state index is 0.359. The molecule has 2 atom stereocenters. The second-order valence-electron chi connectivity index (χ2n) is 5.01. The number of hydrogen-bond acceptors (Lipinski definition) is 3. The van der Waals surface area contributed by atoms with Crippen molar-refractivity contribution in [3.63, 3.8) is 0 Å². The van der Waals surface area contributed by atoms with E-state index in [1.54, 1.807) is 0 Å². The van der Waals surface area contributed by atoms with Crippen LogP contribution >= 0.6 is 0 Å². The third-order valence-electron chi connectivity index (χ3n) is 3.96. The highest BCUT2D eigenvalue weighted by molar-refractivity contribution is 5.45. The number of benzene rings is 1. The maximum absolute atomic E-state index is 5.44. The molecule has 1 N–H and O–H groups in total. The zero-order valence-corrected chi connectivity index (χ0v) is 10.2. The number of fused-ring (bicyclic) bond motifs is 1. The molecule has 2 unspecified atom stereocenters. The van der Waals surface area contributed by atoms with Crippen molar-refractivity contribution in [2.75, 3.05) is 19.9 Å². The zero-order valence-electron chi connectivity index (χ0n) is 10.2. The molecule has 92 valence electrons. The first-order valence-corrected chi connectivity index (χ1v) is 6.45. The normalized spacial score (nSPS) is 24.6. The third kappa shape index (κ3) is 2.12. The fraction of sp³-hybridized carbons (Fsp3) is 0.571. The van der Waals surface area contributed by atoms with Crippen molar-refractivity contribution in [2.45, 2.75) is 25.7 Å². The zero-order chi connectivity index (χ0) is 11.7. The van der Waals surface area contributed by atoms with Crippen LogP contribution < -0.4 is 14.8 Å². The van der Waals surface area contributed by atoms with Crippen LogP contribution in [0.2, 0.25) is 0 Å². The molecular formula is C14H19NO2. The molecular weight excluding hydrogens is 214 g/mol. The third-order valence-corrected chi connectivity index (χ3v) is 3.96. The Bertz CT molecular complexity index is 399. The molecule has 0 aliphatic carbocycles. The second-order valence-corrected chi connectivity index (χ2v) is 5.01. The summed E-state index contributed by atoms with van der Waals surface area (Å²) in [5.41, 5.74) is 1.36. The van der Waals surface area contributed by atoms with Gasteiger partial charge in [0.1, 0.15) is 0 Å². The molecule has 0 saturated carbocycles. The largest absolute Gasteiger partial charge is 0.454 e. The maximum atomic E-state index is 5.44. The molecule has 1 saturated heterocycles. The van der Waals surface area contributed by atoms with E-state index >= 15 is 0 Å². The van der Waals surface area contributed by atoms with Crippen LogP contribution in [-0.2, 0) is 0 Å². The molecule has 0 radical (unpaired) electrons. The highest BCUT2D eigenvalue weighted by Crippen LogP contribution is 2.37. The summed E-state index contributed by atoms with van der Waals surface area (Å²) in [4.78, 5) is 0. The smallest absolute Gasteiger partial charge is 0.231 e. The molecule has 0 spiro atoms. The molecule has 2 heterocycles. The Hall–Kier alpha value is -1.22. The van der Waals surface area contributed by atoms with Gasteiger partial charge in [0.05, 0.1) is 0 Å². The molecule has 0 amide bonds. The number of ether oxygens (including phenoxy) is 2. The van der Waals surface area contributed by atoms with Gasteiger partial charge in [-0.15, -0.1) is 0 Å². The van der Waals surface area contributed by atoms with Gasteiger partial charge in [-0.25, -0.2) is 0 Å². The summed E-state index contributed by atoms with van der Waals surface area (Å²) in [6.45, 7) is 4.98. The van der Waals surface area contributed by atoms with E-state index in [1.807, 2.05) is 6.07 Å². The van der Waals surface area contributed by atoms with Crippen molar-refractivity contribution in [3.8, 4) is 11.5 Å². The highest BCUT2D eigenvalue weighted by Gasteiger charge is 2.23. The van der Waals surface area contributed by atoms with Gasteiger partial charge in [0.25, 0.3) is 0 Å². The van der Waals surface area contributed by atoms with Gasteiger partial charge >= 0.3 is 0 Å². The van der Waals surface area contributed by atoms with E-state index in [0.29, 0.717) is 12.7 Å². The number of rotatable bonds is 2. The minimum Gasteiger partial charge on any atom is -0.454 e. The molecule has 0 bridgehead atoms. The topological polar surface area (TPSA) is 30.5 Å². The first-order chi connectivity index (χ1) is 8.34. The van der Waals surface area contributed by atoms with Gasteiger partial charge in [-0.1, -0.05) is 13.0 Å². The molecule has 3 rings (SSSR count). The van der Waals surface area contributed by atoms with Crippen molar-refractivity contribution in [2.24, 2.45) is 5.92 Å². The van der Waals surface area contributed by atoms with E-state index in [-0.39, 0.29) is 0 Å². The molecule has 3 heteroatoms. The van der Waals surface area contributed by atoms with Crippen LogP contribution in [0, 0.1) is 5.92 Å². The van der Waals surface area contributed by atoms with Gasteiger partial charge in [0, 0.05) is 0 Å². The van der Waals surface area contributed by atoms with Crippen LogP contribution in [0.25, 0.3) is 0 Å². The molecule has 2 aliphatic heterocycles. The lowest BCUT2D eigenvalue weighted by atomic mass is 9.83. The summed E-state index contributed by atoms with van der Waals surface area (Å²) >= 11 is 0. The van der Waals surface area contributed by atoms with Gasteiger partial charge in [0.15, 0.2) is 11.5 Å². The van der Waals surface area contributed by atoms with Crippen molar-refractivity contribution in [1.82, 2.24) is 5.32 Å². The van der Waals surface area contributed by atoms with Gasteiger partial charge in [-0.3, -0.25) is 0 Å². The lowest BCUT2D eigenvalue weighted by Crippen LogP contribution is -2.32. The molecule has 0 aromatic heterocycles. The van der Waals surface area contributed by atoms with E-state index in [4.69, 9.17) is 9.47 Å². The summed E-state index contributed by atoms with van der Waals surface area (Å²) in [5, 5.41) is 3.48. The monoisotopic (exact) mass is 233 g/mol. The van der Waals surface area contributed by atoms with E-state index in [0.717, 1.165) is 24.0 Å². The Kier molecular flexibility index (Phi) is 2.93. The van der Waals surface area contributed by atoms with Crippen LogP contribution in [0.15, 0.2) is 18.2 Å². The van der Waals surface area contributed by atoms with E-state index in [9.17, 15) is 0 Å². The van der Waals surface area contributed by atoms with Crippen LogP contribution in [0.3, 0.4) is 0 Å². The Labute approximate surface area is 102 Å². The maximum Gasteiger partial charge on any atom is 0.231 e. The molecule has 2 aliphatic rings. The number of hydrogen-bond donors (Lipinski definition) is 1. The lowest BCUT2D eigenvalue weighted by molar-refractivity contribution is 0.174. The minimum atomic E-state index is 0.359. The summed E-state index contributed by atoms with van der Waals surface area (Å²) in [6, 6.07) is 6.35. The summed E-state index contributed by atoms with van der Waals surface area (Å²) in [6.07, 6.45) is 2.61. The summed E-state index contributed by atoms with van der Waals surface area (Å²) < 4.78 is 10.8. The first-order valence-electron chi connectivity index (χ1n) is 6.45. The predicted octanol–water partition coefficient (Wildman–Crippen LogP) is 2.52. The van der Waals surface area contributed by atoms with Crippen molar-refractivity contribution >= 4 is 0 Å². The van der Waals surface area contributed by atoms with E-state index in [1.165, 1.54) is 24.9 Å². The Balaban J connectivity index is 1.78. The van der Waals surface area contributed by atoms with Gasteiger partial charge in [-0.2, -0.15) is 0 Å². The molecule has 17 heavy (non-hydrogen) atoms. The van der Waals surface area contributed by atoms with Crippen LogP contribution in [0.1, 0.15) is 31.2 Å². The Morgan fingerprint density at radius 2 is 2.18 bits per heavy atom. The predicted molar refractivity (Wildman–Crippen MR) is 66.6 cm³/mol. The summed E-state index contributed by atoms with van der Waals surface area (Å²) in [7, 11) is 0. The number of nitrogens with one attached hydrogen (secondary N) is 1. The first kappa shape index (κ1) is 10.9. The fourth-order valence-corrected chi connectivity index (χ4v) is 2.77. The molecule has 3 nitrogen and oxygen atoms in total. The van der Waals surface area contributed by atoms with Crippen LogP contribution in [0.4, 0.5) is 0 Å². The van der Waals surface area contributed by atoms with Gasteiger partial charge < -0.3 is 14.8 Å². The highest BCUT2D eigenvalue weighted by atomic mass is 16.7. The molecule has 1 aromatic carbocycles. The Morgan fingerprint density at radius 3 is 3.00 bits per heavy atom. The fourth-order valence-electron chi connectivity index (χ4n) is 2.77. The van der Waals surface area contributed by atoms with E-state index in [2.05, 4.69) is 24.4 Å². The lowest BCUT2D eigenvalue weighted by Gasteiger charge is -2.28. The second kappa shape index (κ2) is 4.57. The van der Waals surface area contributed by atoms with E-state index < -0.39 is 0 Å². The average molecular weight is 233 g/mol. The van der Waals surface area contributed by atoms with Crippen molar-refractivity contribution in [3.05, 3.63) is 23.8 Å². The van der Waals surface area contributed by atoms with Gasteiger partial charge in [-0.05, 0) is 55.5 Å². The van der Waals surface area contributed by atoms with Crippen LogP contribution in [-0.4, -0.2) is 19.9 Å². The molecule has 1 aromatic rings. The van der Waals surface area contributed by atoms with Crippen molar-refractivity contribution < 1.29 is 9.47 Å². The SMILES string of the molecule is CC(c1ccc2c(c1)OCO2)C1CCCNC1. The van der Waals surface area contributed by atoms with Crippen LogP contribution in [0.5, 0.6) is 11.5 Å².